The number of hydrogen-bond acceptors (Lipinski definition) is 3. The SMILES string of the molecule is CNC(C)c1ccc(OC2CCOC3(CCC3)C2)c(Cl)c1. The molecule has 1 saturated heterocycles. The Balaban J connectivity index is 1.67. The van der Waals surface area contributed by atoms with Crippen molar-refractivity contribution in [2.75, 3.05) is 13.7 Å². The zero-order valence-corrected chi connectivity index (χ0v) is 13.6. The van der Waals surface area contributed by atoms with Gasteiger partial charge in [-0.15, -0.1) is 0 Å². The molecule has 1 aromatic carbocycles. The van der Waals surface area contributed by atoms with Crippen LogP contribution in [0.4, 0.5) is 0 Å². The predicted octanol–water partition coefficient (Wildman–Crippen LogP) is 4.10. The lowest BCUT2D eigenvalue weighted by Gasteiger charge is -2.46. The van der Waals surface area contributed by atoms with Gasteiger partial charge in [-0.25, -0.2) is 0 Å². The Bertz CT molecular complexity index is 502. The topological polar surface area (TPSA) is 30.5 Å². The van der Waals surface area contributed by atoms with Crippen LogP contribution < -0.4 is 10.1 Å². The maximum Gasteiger partial charge on any atom is 0.138 e. The van der Waals surface area contributed by atoms with E-state index in [1.165, 1.54) is 24.8 Å². The number of nitrogens with one attached hydrogen (secondary N) is 1. The number of rotatable bonds is 4. The molecule has 1 saturated carbocycles. The van der Waals surface area contributed by atoms with Crippen LogP contribution in [0.5, 0.6) is 5.75 Å². The largest absolute Gasteiger partial charge is 0.489 e. The van der Waals surface area contributed by atoms with Crippen molar-refractivity contribution in [3.8, 4) is 5.75 Å². The first kappa shape index (κ1) is 15.1. The third-order valence-electron chi connectivity index (χ3n) is 4.90. The van der Waals surface area contributed by atoms with Gasteiger partial charge in [0.15, 0.2) is 0 Å². The number of halogens is 1. The summed E-state index contributed by atoms with van der Waals surface area (Å²) in [4.78, 5) is 0. The van der Waals surface area contributed by atoms with Crippen molar-refractivity contribution in [3.05, 3.63) is 28.8 Å². The maximum atomic E-state index is 6.38. The molecule has 0 radical (unpaired) electrons. The van der Waals surface area contributed by atoms with E-state index in [1.807, 2.05) is 19.2 Å². The lowest BCUT2D eigenvalue weighted by atomic mass is 9.74. The molecule has 3 nitrogen and oxygen atoms in total. The van der Waals surface area contributed by atoms with Crippen LogP contribution >= 0.6 is 11.6 Å². The van der Waals surface area contributed by atoms with E-state index >= 15 is 0 Å². The van der Waals surface area contributed by atoms with Gasteiger partial charge in [0.25, 0.3) is 0 Å². The van der Waals surface area contributed by atoms with Crippen molar-refractivity contribution in [1.29, 1.82) is 0 Å². The molecule has 2 aliphatic rings. The van der Waals surface area contributed by atoms with Crippen LogP contribution in [0.25, 0.3) is 0 Å². The Hall–Kier alpha value is -0.770. The molecule has 1 aliphatic heterocycles. The first-order chi connectivity index (χ1) is 10.1. The molecule has 1 aromatic rings. The van der Waals surface area contributed by atoms with Gasteiger partial charge in [-0.1, -0.05) is 17.7 Å². The molecule has 2 atom stereocenters. The molecule has 4 heteroatoms. The summed E-state index contributed by atoms with van der Waals surface area (Å²) in [5.74, 6) is 0.796. The fourth-order valence-corrected chi connectivity index (χ4v) is 3.46. The zero-order valence-electron chi connectivity index (χ0n) is 12.8. The van der Waals surface area contributed by atoms with Gasteiger partial charge < -0.3 is 14.8 Å². The normalized spacial score (nSPS) is 25.4. The summed E-state index contributed by atoms with van der Waals surface area (Å²) in [7, 11) is 1.95. The summed E-state index contributed by atoms with van der Waals surface area (Å²) in [6, 6.07) is 6.36. The smallest absolute Gasteiger partial charge is 0.138 e. The molecule has 2 unspecified atom stereocenters. The highest BCUT2D eigenvalue weighted by Gasteiger charge is 2.43. The van der Waals surface area contributed by atoms with Crippen LogP contribution in [0.15, 0.2) is 18.2 Å². The second-order valence-electron chi connectivity index (χ2n) is 6.32. The van der Waals surface area contributed by atoms with Crippen LogP contribution in [0, 0.1) is 0 Å². The van der Waals surface area contributed by atoms with E-state index < -0.39 is 0 Å². The summed E-state index contributed by atoms with van der Waals surface area (Å²) in [5, 5.41) is 3.92. The Kier molecular flexibility index (Phi) is 4.43. The lowest BCUT2D eigenvalue weighted by Crippen LogP contribution is -2.48. The molecule has 1 spiro atoms. The second-order valence-corrected chi connectivity index (χ2v) is 6.73. The number of ether oxygens (including phenoxy) is 2. The minimum atomic E-state index is 0.107. The number of hydrogen-bond donors (Lipinski definition) is 1. The summed E-state index contributed by atoms with van der Waals surface area (Å²) in [6.45, 7) is 2.92. The molecule has 0 amide bonds. The van der Waals surface area contributed by atoms with Crippen molar-refractivity contribution < 1.29 is 9.47 Å². The van der Waals surface area contributed by atoms with E-state index in [0.717, 1.165) is 25.2 Å². The highest BCUT2D eigenvalue weighted by molar-refractivity contribution is 6.32. The van der Waals surface area contributed by atoms with Crippen molar-refractivity contribution in [3.63, 3.8) is 0 Å². The van der Waals surface area contributed by atoms with Crippen molar-refractivity contribution >= 4 is 11.6 Å². The van der Waals surface area contributed by atoms with Gasteiger partial charge in [0.05, 0.1) is 17.2 Å². The van der Waals surface area contributed by atoms with Gasteiger partial charge in [-0.3, -0.25) is 0 Å². The molecule has 1 aliphatic carbocycles. The van der Waals surface area contributed by atoms with Crippen LogP contribution in [0.2, 0.25) is 5.02 Å². The zero-order chi connectivity index (χ0) is 14.9. The highest BCUT2D eigenvalue weighted by atomic mass is 35.5. The monoisotopic (exact) mass is 309 g/mol. The minimum Gasteiger partial charge on any atom is -0.489 e. The second kappa shape index (κ2) is 6.15. The predicted molar refractivity (Wildman–Crippen MR) is 85.1 cm³/mol. The van der Waals surface area contributed by atoms with Gasteiger partial charge >= 0.3 is 0 Å². The summed E-state index contributed by atoms with van der Waals surface area (Å²) < 4.78 is 12.1. The van der Waals surface area contributed by atoms with Gasteiger partial charge in [0.1, 0.15) is 11.9 Å². The molecule has 0 aromatic heterocycles. The summed E-state index contributed by atoms with van der Waals surface area (Å²) in [6.07, 6.45) is 5.82. The third-order valence-corrected chi connectivity index (χ3v) is 5.19. The number of benzene rings is 1. The molecule has 3 rings (SSSR count). The first-order valence-electron chi connectivity index (χ1n) is 7.89. The van der Waals surface area contributed by atoms with Crippen LogP contribution in [-0.2, 0) is 4.74 Å². The van der Waals surface area contributed by atoms with E-state index in [1.54, 1.807) is 0 Å². The van der Waals surface area contributed by atoms with Gasteiger partial charge in [0, 0.05) is 18.9 Å². The molecule has 21 heavy (non-hydrogen) atoms. The van der Waals surface area contributed by atoms with Crippen LogP contribution in [0.3, 0.4) is 0 Å². The van der Waals surface area contributed by atoms with Gasteiger partial charge in [-0.05, 0) is 50.9 Å². The minimum absolute atomic E-state index is 0.107. The summed E-state index contributed by atoms with van der Waals surface area (Å²) in [5.41, 5.74) is 1.29. The Labute approximate surface area is 132 Å². The molecular formula is C17H24ClNO2. The third kappa shape index (κ3) is 3.20. The highest BCUT2D eigenvalue weighted by Crippen LogP contribution is 2.43. The van der Waals surface area contributed by atoms with Crippen molar-refractivity contribution in [2.45, 2.75) is 56.8 Å². The van der Waals surface area contributed by atoms with Crippen molar-refractivity contribution in [2.24, 2.45) is 0 Å². The molecule has 2 fully saturated rings. The Morgan fingerprint density at radius 1 is 1.43 bits per heavy atom. The van der Waals surface area contributed by atoms with E-state index in [-0.39, 0.29) is 17.7 Å². The lowest BCUT2D eigenvalue weighted by molar-refractivity contribution is -0.153. The quantitative estimate of drug-likeness (QED) is 0.908. The van der Waals surface area contributed by atoms with Crippen LogP contribution in [0.1, 0.15) is 50.6 Å². The van der Waals surface area contributed by atoms with Crippen LogP contribution in [-0.4, -0.2) is 25.4 Å². The van der Waals surface area contributed by atoms with Gasteiger partial charge in [-0.2, -0.15) is 0 Å². The molecule has 0 bridgehead atoms. The van der Waals surface area contributed by atoms with Crippen molar-refractivity contribution in [1.82, 2.24) is 5.32 Å². The average Bonchev–Trinajstić information content (AvgIpc) is 2.47. The average molecular weight is 310 g/mol. The first-order valence-corrected chi connectivity index (χ1v) is 8.27. The van der Waals surface area contributed by atoms with E-state index in [4.69, 9.17) is 21.1 Å². The fraction of sp³-hybridized carbons (Fsp3) is 0.647. The maximum absolute atomic E-state index is 6.38. The van der Waals surface area contributed by atoms with Gasteiger partial charge in [0.2, 0.25) is 0 Å². The standard InChI is InChI=1S/C17H24ClNO2/c1-12(19-2)13-4-5-16(15(18)10-13)21-14-6-9-20-17(11-14)7-3-8-17/h4-5,10,12,14,19H,3,6-9,11H2,1-2H3. The fourth-order valence-electron chi connectivity index (χ4n) is 3.23. The Morgan fingerprint density at radius 3 is 2.86 bits per heavy atom. The van der Waals surface area contributed by atoms with E-state index in [2.05, 4.69) is 18.3 Å². The Morgan fingerprint density at radius 2 is 2.24 bits per heavy atom. The molecule has 1 heterocycles. The summed E-state index contributed by atoms with van der Waals surface area (Å²) >= 11 is 6.38. The molecular weight excluding hydrogens is 286 g/mol. The molecule has 116 valence electrons. The van der Waals surface area contributed by atoms with E-state index in [0.29, 0.717) is 5.02 Å². The molecule has 1 N–H and O–H groups in total. The van der Waals surface area contributed by atoms with E-state index in [9.17, 15) is 0 Å².